The van der Waals surface area contributed by atoms with E-state index in [9.17, 15) is 0 Å². The fourth-order valence-electron chi connectivity index (χ4n) is 2.85. The van der Waals surface area contributed by atoms with Crippen LogP contribution >= 0.6 is 22.7 Å². The lowest BCUT2D eigenvalue weighted by Crippen LogP contribution is -1.87. The van der Waals surface area contributed by atoms with Gasteiger partial charge >= 0.3 is 0 Å². The van der Waals surface area contributed by atoms with Crippen LogP contribution in [0.3, 0.4) is 0 Å². The fraction of sp³-hybridized carbons (Fsp3) is 0. The molecule has 0 aliphatic heterocycles. The van der Waals surface area contributed by atoms with E-state index in [-0.39, 0.29) is 0 Å². The zero-order valence-electron chi connectivity index (χ0n) is 11.5. The first-order valence-corrected chi connectivity index (χ1v) is 8.70. The molecule has 0 fully saturated rings. The van der Waals surface area contributed by atoms with E-state index in [0.717, 1.165) is 11.4 Å². The maximum absolute atomic E-state index is 4.64. The molecule has 0 saturated carbocycles. The molecular weight excluding hydrogens is 308 g/mol. The lowest BCUT2D eigenvalue weighted by Gasteiger charge is -2.03. The number of pyridine rings is 2. The van der Waals surface area contributed by atoms with Crippen molar-refractivity contribution in [3.05, 3.63) is 60.2 Å². The minimum absolute atomic E-state index is 0.948. The number of aromatic nitrogens is 2. The molecule has 5 aromatic rings. The molecule has 4 heterocycles. The zero-order valence-corrected chi connectivity index (χ0v) is 13.1. The fourth-order valence-corrected chi connectivity index (χ4v) is 4.75. The van der Waals surface area contributed by atoms with Crippen molar-refractivity contribution >= 4 is 52.9 Å². The molecule has 1 aromatic carbocycles. The van der Waals surface area contributed by atoms with Crippen LogP contribution in [0.5, 0.6) is 0 Å². The van der Waals surface area contributed by atoms with E-state index in [1.807, 2.05) is 23.7 Å². The maximum Gasteiger partial charge on any atom is 0.0979 e. The standard InChI is InChI=1S/C18H10N2S2/c1-2-4-14-12(3-1)17-15(22-14)5-7-19-18(17)13-9-16-11(10-20-13)6-8-21-16/h1-10H. The summed E-state index contributed by atoms with van der Waals surface area (Å²) in [5.74, 6) is 0. The van der Waals surface area contributed by atoms with E-state index in [2.05, 4.69) is 57.8 Å². The van der Waals surface area contributed by atoms with Gasteiger partial charge < -0.3 is 0 Å². The van der Waals surface area contributed by atoms with Crippen LogP contribution in [0, 0.1) is 0 Å². The molecule has 0 N–H and O–H groups in total. The Labute approximate surface area is 134 Å². The number of rotatable bonds is 1. The van der Waals surface area contributed by atoms with Crippen molar-refractivity contribution in [1.82, 2.24) is 9.97 Å². The van der Waals surface area contributed by atoms with E-state index in [4.69, 9.17) is 0 Å². The molecule has 0 atom stereocenters. The quantitative estimate of drug-likeness (QED) is 0.394. The van der Waals surface area contributed by atoms with E-state index in [0.29, 0.717) is 0 Å². The van der Waals surface area contributed by atoms with Crippen molar-refractivity contribution in [3.63, 3.8) is 0 Å². The summed E-state index contributed by atoms with van der Waals surface area (Å²) < 4.78 is 3.81. The SMILES string of the molecule is c1ccc2c(c1)sc1ccnc(-c3cc4sccc4cn3)c12. The summed E-state index contributed by atoms with van der Waals surface area (Å²) in [5, 5.41) is 5.77. The molecule has 4 aromatic heterocycles. The minimum Gasteiger partial charge on any atom is -0.254 e. The Bertz CT molecular complexity index is 1140. The van der Waals surface area contributed by atoms with E-state index in [1.54, 1.807) is 11.3 Å². The van der Waals surface area contributed by atoms with Gasteiger partial charge in [-0.3, -0.25) is 9.97 Å². The first kappa shape index (κ1) is 12.3. The predicted molar refractivity (Wildman–Crippen MR) is 95.7 cm³/mol. The monoisotopic (exact) mass is 318 g/mol. The van der Waals surface area contributed by atoms with Gasteiger partial charge in [-0.25, -0.2) is 0 Å². The van der Waals surface area contributed by atoms with Gasteiger partial charge in [-0.2, -0.15) is 0 Å². The average molecular weight is 318 g/mol. The van der Waals surface area contributed by atoms with Crippen molar-refractivity contribution in [2.75, 3.05) is 0 Å². The van der Waals surface area contributed by atoms with Crippen LogP contribution in [-0.4, -0.2) is 9.97 Å². The zero-order chi connectivity index (χ0) is 14.5. The Balaban J connectivity index is 1.90. The van der Waals surface area contributed by atoms with Crippen LogP contribution in [-0.2, 0) is 0 Å². The third kappa shape index (κ3) is 1.71. The highest BCUT2D eigenvalue weighted by Gasteiger charge is 2.13. The molecule has 0 amide bonds. The second-order valence-corrected chi connectivity index (χ2v) is 7.19. The molecule has 4 heteroatoms. The van der Waals surface area contributed by atoms with Gasteiger partial charge in [-0.15, -0.1) is 22.7 Å². The Morgan fingerprint density at radius 1 is 0.864 bits per heavy atom. The first-order chi connectivity index (χ1) is 10.9. The Kier molecular flexibility index (Phi) is 2.56. The third-order valence-corrected chi connectivity index (χ3v) is 5.89. The molecule has 0 aliphatic rings. The molecular formula is C18H10N2S2. The van der Waals surface area contributed by atoms with Crippen molar-refractivity contribution in [2.45, 2.75) is 0 Å². The van der Waals surface area contributed by atoms with E-state index in [1.165, 1.54) is 30.3 Å². The molecule has 5 rings (SSSR count). The van der Waals surface area contributed by atoms with Gasteiger partial charge in [0, 0.05) is 42.7 Å². The van der Waals surface area contributed by atoms with Crippen LogP contribution in [0.2, 0.25) is 0 Å². The predicted octanol–water partition coefficient (Wildman–Crippen LogP) is 5.73. The highest BCUT2D eigenvalue weighted by atomic mass is 32.1. The lowest BCUT2D eigenvalue weighted by molar-refractivity contribution is 1.29. The number of nitrogens with zero attached hydrogens (tertiary/aromatic N) is 2. The van der Waals surface area contributed by atoms with Crippen molar-refractivity contribution in [3.8, 4) is 11.4 Å². The maximum atomic E-state index is 4.64. The summed E-state index contributed by atoms with van der Waals surface area (Å²) in [4.78, 5) is 9.27. The number of hydrogen-bond donors (Lipinski definition) is 0. The van der Waals surface area contributed by atoms with Gasteiger partial charge in [0.15, 0.2) is 0 Å². The van der Waals surface area contributed by atoms with Crippen LogP contribution in [0.15, 0.2) is 60.2 Å². The van der Waals surface area contributed by atoms with Crippen molar-refractivity contribution < 1.29 is 0 Å². The van der Waals surface area contributed by atoms with Gasteiger partial charge in [-0.05, 0) is 29.6 Å². The number of fused-ring (bicyclic) bond motifs is 4. The van der Waals surface area contributed by atoms with Gasteiger partial charge in [0.2, 0.25) is 0 Å². The first-order valence-electron chi connectivity index (χ1n) is 7.00. The summed E-state index contributed by atoms with van der Waals surface area (Å²) in [6, 6.07) is 14.8. The Morgan fingerprint density at radius 2 is 1.82 bits per heavy atom. The molecule has 0 saturated heterocycles. The molecule has 2 nitrogen and oxygen atoms in total. The van der Waals surface area contributed by atoms with Crippen LogP contribution in [0.4, 0.5) is 0 Å². The lowest BCUT2D eigenvalue weighted by atomic mass is 10.1. The Hall–Kier alpha value is -2.30. The normalized spacial score (nSPS) is 11.6. The molecule has 0 spiro atoms. The molecule has 104 valence electrons. The summed E-state index contributed by atoms with van der Waals surface area (Å²) in [7, 11) is 0. The minimum atomic E-state index is 0.948. The molecule has 0 unspecified atom stereocenters. The molecule has 0 bridgehead atoms. The number of thiophene rings is 2. The molecule has 22 heavy (non-hydrogen) atoms. The second kappa shape index (κ2) is 4.60. The summed E-state index contributed by atoms with van der Waals surface area (Å²) >= 11 is 3.55. The second-order valence-electron chi connectivity index (χ2n) is 5.16. The molecule has 0 radical (unpaired) electrons. The average Bonchev–Trinajstić information content (AvgIpc) is 3.17. The van der Waals surface area contributed by atoms with Crippen LogP contribution < -0.4 is 0 Å². The highest BCUT2D eigenvalue weighted by Crippen LogP contribution is 2.38. The topological polar surface area (TPSA) is 25.8 Å². The Morgan fingerprint density at radius 3 is 2.82 bits per heavy atom. The number of hydrogen-bond acceptors (Lipinski definition) is 4. The summed E-state index contributed by atoms with van der Waals surface area (Å²) in [6.07, 6.45) is 3.82. The van der Waals surface area contributed by atoms with E-state index >= 15 is 0 Å². The van der Waals surface area contributed by atoms with Gasteiger partial charge in [-0.1, -0.05) is 18.2 Å². The van der Waals surface area contributed by atoms with Crippen molar-refractivity contribution in [1.29, 1.82) is 0 Å². The van der Waals surface area contributed by atoms with Gasteiger partial charge in [0.05, 0.1) is 11.4 Å². The van der Waals surface area contributed by atoms with Crippen molar-refractivity contribution in [2.24, 2.45) is 0 Å². The summed E-state index contributed by atoms with van der Waals surface area (Å²) in [6.45, 7) is 0. The molecule has 0 aliphatic carbocycles. The third-order valence-electron chi connectivity index (χ3n) is 3.87. The van der Waals surface area contributed by atoms with Crippen LogP contribution in [0.1, 0.15) is 0 Å². The van der Waals surface area contributed by atoms with Gasteiger partial charge in [0.1, 0.15) is 0 Å². The van der Waals surface area contributed by atoms with Gasteiger partial charge in [0.25, 0.3) is 0 Å². The highest BCUT2D eigenvalue weighted by molar-refractivity contribution is 7.25. The largest absolute Gasteiger partial charge is 0.254 e. The van der Waals surface area contributed by atoms with E-state index < -0.39 is 0 Å². The summed E-state index contributed by atoms with van der Waals surface area (Å²) in [5.41, 5.74) is 1.93. The smallest absolute Gasteiger partial charge is 0.0979 e. The number of benzene rings is 1. The van der Waals surface area contributed by atoms with Crippen LogP contribution in [0.25, 0.3) is 41.6 Å².